The lowest BCUT2D eigenvalue weighted by Gasteiger charge is -2.16. The van der Waals surface area contributed by atoms with Gasteiger partial charge in [0.15, 0.2) is 0 Å². The minimum absolute atomic E-state index is 0.0357. The van der Waals surface area contributed by atoms with Gasteiger partial charge >= 0.3 is 0 Å². The fourth-order valence-corrected chi connectivity index (χ4v) is 4.12. The van der Waals surface area contributed by atoms with Crippen molar-refractivity contribution in [2.45, 2.75) is 13.0 Å². The van der Waals surface area contributed by atoms with Gasteiger partial charge in [-0.2, -0.15) is 5.10 Å². The second kappa shape index (κ2) is 6.33. The molecular weight excluding hydrogens is 338 g/mol. The minimum Gasteiger partial charge on any atom is -0.338 e. The molecule has 1 unspecified atom stereocenters. The average molecular weight is 354 g/mol. The number of nitrogens with zero attached hydrogens (tertiary/aromatic N) is 3. The zero-order chi connectivity index (χ0) is 16.4. The van der Waals surface area contributed by atoms with Crippen LogP contribution in [0.15, 0.2) is 42.7 Å². The van der Waals surface area contributed by atoms with Crippen molar-refractivity contribution in [3.05, 3.63) is 48.3 Å². The molecule has 1 aliphatic rings. The van der Waals surface area contributed by atoms with Crippen LogP contribution >= 0.6 is 10.7 Å². The highest BCUT2D eigenvalue weighted by molar-refractivity contribution is 8.13. The van der Waals surface area contributed by atoms with Gasteiger partial charge in [-0.1, -0.05) is 12.1 Å². The summed E-state index contributed by atoms with van der Waals surface area (Å²) in [5.41, 5.74) is 1.93. The van der Waals surface area contributed by atoms with Gasteiger partial charge < -0.3 is 4.90 Å². The monoisotopic (exact) mass is 353 g/mol. The highest BCUT2D eigenvalue weighted by Gasteiger charge is 2.32. The molecule has 1 saturated heterocycles. The number of benzene rings is 1. The predicted octanol–water partition coefficient (Wildman–Crippen LogP) is 1.79. The third kappa shape index (κ3) is 4.11. The smallest absolute Gasteiger partial charge is 0.232 e. The van der Waals surface area contributed by atoms with E-state index in [2.05, 4.69) is 5.10 Å². The zero-order valence-corrected chi connectivity index (χ0v) is 13.9. The first-order valence-corrected chi connectivity index (χ1v) is 9.67. The molecule has 1 aliphatic heterocycles. The number of carbonyl (C=O) groups excluding carboxylic acids is 1. The lowest BCUT2D eigenvalue weighted by Crippen LogP contribution is -2.25. The van der Waals surface area contributed by atoms with E-state index in [1.165, 1.54) is 0 Å². The van der Waals surface area contributed by atoms with Crippen LogP contribution in [0.1, 0.15) is 12.0 Å². The first-order valence-electron chi connectivity index (χ1n) is 7.20. The van der Waals surface area contributed by atoms with Gasteiger partial charge in [0.25, 0.3) is 0 Å². The van der Waals surface area contributed by atoms with Crippen LogP contribution in [0.2, 0.25) is 0 Å². The third-order valence-electron chi connectivity index (χ3n) is 3.81. The van der Waals surface area contributed by atoms with Crippen molar-refractivity contribution in [3.63, 3.8) is 0 Å². The fourth-order valence-electron chi connectivity index (χ4n) is 2.80. The lowest BCUT2D eigenvalue weighted by molar-refractivity contribution is -0.128. The van der Waals surface area contributed by atoms with Gasteiger partial charge in [-0.15, -0.1) is 0 Å². The van der Waals surface area contributed by atoms with Crippen molar-refractivity contribution in [1.82, 2.24) is 14.7 Å². The van der Waals surface area contributed by atoms with Gasteiger partial charge in [-0.05, 0) is 23.8 Å². The second-order valence-corrected chi connectivity index (χ2v) is 8.49. The van der Waals surface area contributed by atoms with Crippen LogP contribution in [0.25, 0.3) is 5.69 Å². The Balaban J connectivity index is 1.64. The zero-order valence-electron chi connectivity index (χ0n) is 12.3. The standard InChI is InChI=1S/C15H16ClN3O3S/c16-23(21,22)11-13-8-15(20)18(10-13)9-12-2-4-14(5-3-12)19-7-1-6-17-19/h1-7,13H,8-11H2. The molecule has 1 amide bonds. The van der Waals surface area contributed by atoms with Crippen LogP contribution in [-0.4, -0.2) is 41.3 Å². The van der Waals surface area contributed by atoms with Crippen molar-refractivity contribution < 1.29 is 13.2 Å². The van der Waals surface area contributed by atoms with E-state index >= 15 is 0 Å². The average Bonchev–Trinajstić information content (AvgIpc) is 3.09. The van der Waals surface area contributed by atoms with E-state index < -0.39 is 9.05 Å². The molecule has 1 aromatic heterocycles. The number of rotatable bonds is 5. The van der Waals surface area contributed by atoms with Crippen LogP contribution in [0.3, 0.4) is 0 Å². The van der Waals surface area contributed by atoms with E-state index in [4.69, 9.17) is 10.7 Å². The van der Waals surface area contributed by atoms with E-state index in [0.717, 1.165) is 11.3 Å². The Hall–Kier alpha value is -1.86. The Labute approximate surface area is 139 Å². The SMILES string of the molecule is O=C1CC(CS(=O)(=O)Cl)CN1Cc1ccc(-n2cccn2)cc1. The largest absolute Gasteiger partial charge is 0.338 e. The molecule has 1 aromatic carbocycles. The molecule has 2 aromatic rings. The van der Waals surface area contributed by atoms with Crippen LogP contribution in [-0.2, 0) is 20.4 Å². The maximum absolute atomic E-state index is 12.0. The normalized spacial score (nSPS) is 18.6. The Bertz CT molecular complexity index is 788. The van der Waals surface area contributed by atoms with E-state index in [1.807, 2.05) is 36.5 Å². The second-order valence-electron chi connectivity index (χ2n) is 5.67. The lowest BCUT2D eigenvalue weighted by atomic mass is 10.1. The van der Waals surface area contributed by atoms with Crippen LogP contribution in [0, 0.1) is 5.92 Å². The molecular formula is C15H16ClN3O3S. The molecule has 3 rings (SSSR count). The van der Waals surface area contributed by atoms with E-state index in [1.54, 1.807) is 15.8 Å². The summed E-state index contributed by atoms with van der Waals surface area (Å²) >= 11 is 0. The molecule has 0 aliphatic carbocycles. The van der Waals surface area contributed by atoms with Crippen molar-refractivity contribution in [3.8, 4) is 5.69 Å². The Kier molecular flexibility index (Phi) is 4.41. The highest BCUT2D eigenvalue weighted by atomic mass is 35.7. The minimum atomic E-state index is -3.57. The predicted molar refractivity (Wildman–Crippen MR) is 86.7 cm³/mol. The number of halogens is 1. The Morgan fingerprint density at radius 2 is 2.00 bits per heavy atom. The molecule has 0 bridgehead atoms. The first-order chi connectivity index (χ1) is 10.9. The van der Waals surface area contributed by atoms with Crippen molar-refractivity contribution in [2.75, 3.05) is 12.3 Å². The molecule has 2 heterocycles. The topological polar surface area (TPSA) is 72.3 Å². The van der Waals surface area contributed by atoms with Crippen molar-refractivity contribution >= 4 is 25.6 Å². The van der Waals surface area contributed by atoms with Crippen LogP contribution in [0.5, 0.6) is 0 Å². The molecule has 0 N–H and O–H groups in total. The molecule has 23 heavy (non-hydrogen) atoms. The van der Waals surface area contributed by atoms with Crippen molar-refractivity contribution in [2.24, 2.45) is 5.92 Å². The fraction of sp³-hybridized carbons (Fsp3) is 0.333. The van der Waals surface area contributed by atoms with Crippen LogP contribution < -0.4 is 0 Å². The number of likely N-dealkylation sites (tertiary alicyclic amines) is 1. The maximum atomic E-state index is 12.0. The summed E-state index contributed by atoms with van der Waals surface area (Å²) in [5.74, 6) is -0.422. The number of hydrogen-bond acceptors (Lipinski definition) is 4. The molecule has 1 atom stereocenters. The number of amides is 1. The number of aromatic nitrogens is 2. The number of hydrogen-bond donors (Lipinski definition) is 0. The number of carbonyl (C=O) groups is 1. The van der Waals surface area contributed by atoms with E-state index in [9.17, 15) is 13.2 Å². The Morgan fingerprint density at radius 3 is 2.61 bits per heavy atom. The summed E-state index contributed by atoms with van der Waals surface area (Å²) in [5, 5.41) is 4.16. The van der Waals surface area contributed by atoms with Gasteiger partial charge in [-0.3, -0.25) is 4.79 Å². The first kappa shape index (κ1) is 16.0. The summed E-state index contributed by atoms with van der Waals surface area (Å²) < 4.78 is 24.0. The molecule has 8 heteroatoms. The molecule has 6 nitrogen and oxygen atoms in total. The molecule has 122 valence electrons. The van der Waals surface area contributed by atoms with E-state index in [0.29, 0.717) is 13.1 Å². The van der Waals surface area contributed by atoms with E-state index in [-0.39, 0.29) is 24.0 Å². The highest BCUT2D eigenvalue weighted by Crippen LogP contribution is 2.23. The third-order valence-corrected chi connectivity index (χ3v) is 5.06. The summed E-state index contributed by atoms with van der Waals surface area (Å²) in [6.45, 7) is 0.892. The van der Waals surface area contributed by atoms with Gasteiger partial charge in [0, 0.05) is 48.5 Å². The van der Waals surface area contributed by atoms with Crippen LogP contribution in [0.4, 0.5) is 0 Å². The molecule has 1 fully saturated rings. The molecule has 0 saturated carbocycles. The van der Waals surface area contributed by atoms with Gasteiger partial charge in [-0.25, -0.2) is 13.1 Å². The molecule has 0 spiro atoms. The van der Waals surface area contributed by atoms with Gasteiger partial charge in [0.1, 0.15) is 0 Å². The summed E-state index contributed by atoms with van der Waals surface area (Å²) in [6, 6.07) is 9.60. The Morgan fingerprint density at radius 1 is 1.26 bits per heavy atom. The van der Waals surface area contributed by atoms with Gasteiger partial charge in [0.05, 0.1) is 11.4 Å². The summed E-state index contributed by atoms with van der Waals surface area (Å²) in [7, 11) is 1.69. The maximum Gasteiger partial charge on any atom is 0.232 e. The summed E-state index contributed by atoms with van der Waals surface area (Å²) in [4.78, 5) is 13.7. The molecule has 0 radical (unpaired) electrons. The quantitative estimate of drug-likeness (QED) is 0.768. The summed E-state index contributed by atoms with van der Waals surface area (Å²) in [6.07, 6.45) is 3.80. The van der Waals surface area contributed by atoms with Crippen molar-refractivity contribution in [1.29, 1.82) is 0 Å². The van der Waals surface area contributed by atoms with Gasteiger partial charge in [0.2, 0.25) is 15.0 Å².